The monoisotopic (exact) mass is 901 g/mol. The minimum absolute atomic E-state index is 0.0351. The molecule has 3 aromatic heterocycles. The summed E-state index contributed by atoms with van der Waals surface area (Å²) in [6, 6.07) is 20.7. The van der Waals surface area contributed by atoms with Gasteiger partial charge in [0, 0.05) is 68.3 Å². The number of nitro groups is 1. The van der Waals surface area contributed by atoms with Crippen LogP contribution in [0.15, 0.2) is 78.0 Å². The Balaban J connectivity index is 0.830. The molecule has 1 spiro atoms. The normalized spacial score (nSPS) is 21.5. The first-order valence-electron chi connectivity index (χ1n) is 23.3. The molecule has 65 heavy (non-hydrogen) atoms. The molecule has 2 aliphatic carbocycles. The molecule has 16 nitrogen and oxygen atoms in total. The number of hydrogen-bond donors (Lipinski definition) is 3. The summed E-state index contributed by atoms with van der Waals surface area (Å²) in [5.74, 6) is 0.474. The number of piperidine rings is 1. The SMILES string of the molecule is O=C(NS(=O)(=O)c1cnc(NCC2CCOCC2)c([N+](=O)[O-])c1)c1ccc(N2CCC3(CC2)CC(N2CCC[C@@H]2c2ccccc2C2CC2)C3)cc1N1CCOc2nc3[nH]ccc3cc21. The van der Waals surface area contributed by atoms with Crippen LogP contribution in [0.25, 0.3) is 11.0 Å². The number of rotatable bonds is 12. The number of aromatic nitrogens is 3. The van der Waals surface area contributed by atoms with E-state index < -0.39 is 31.4 Å². The zero-order valence-electron chi connectivity index (χ0n) is 36.4. The zero-order chi connectivity index (χ0) is 44.3. The molecular weight excluding hydrogens is 847 g/mol. The zero-order valence-corrected chi connectivity index (χ0v) is 37.2. The minimum Gasteiger partial charge on any atom is -0.474 e. The number of fused-ring (bicyclic) bond motifs is 2. The number of likely N-dealkylation sites (tertiary alicyclic amines) is 1. The molecule has 0 bridgehead atoms. The second-order valence-electron chi connectivity index (χ2n) is 18.9. The summed E-state index contributed by atoms with van der Waals surface area (Å²) < 4.78 is 41.4. The van der Waals surface area contributed by atoms with Crippen molar-refractivity contribution in [3.8, 4) is 5.88 Å². The Morgan fingerprint density at radius 2 is 1.72 bits per heavy atom. The fourth-order valence-corrected chi connectivity index (χ4v) is 12.2. The summed E-state index contributed by atoms with van der Waals surface area (Å²) >= 11 is 0. The Morgan fingerprint density at radius 3 is 2.51 bits per heavy atom. The standard InChI is InChI=1S/C48H55N9O7S/c58-46(53-65(61,62)36-26-42(57(59)60)45(51-30-36)50-29-31-12-21-63-22-13-31)39-10-9-34(25-41(39)56-20-23-64-47-43(56)24-33-11-16-49-44(33)52-47)54-18-14-48(15-19-54)27-35(28-48)55-17-3-6-40(55)38-5-2-1-4-37(38)32-7-8-32/h1-2,4-5,9-11,16,24-26,30-32,35,40H,3,6-8,12-15,17-23,27-29H2,(H,49,52)(H,50,51)(H,53,58)/t40-/m1/s1. The lowest BCUT2D eigenvalue weighted by atomic mass is 9.59. The number of nitrogens with one attached hydrogen (secondary N) is 3. The largest absolute Gasteiger partial charge is 0.474 e. The lowest BCUT2D eigenvalue weighted by Crippen LogP contribution is -2.55. The molecule has 11 rings (SSSR count). The molecule has 2 saturated carbocycles. The van der Waals surface area contributed by atoms with E-state index in [1.807, 2.05) is 29.2 Å². The molecule has 5 fully saturated rings. The molecule has 17 heteroatoms. The predicted octanol–water partition coefficient (Wildman–Crippen LogP) is 7.82. The number of aromatic amines is 1. The van der Waals surface area contributed by atoms with Crippen LogP contribution in [0.4, 0.5) is 28.6 Å². The van der Waals surface area contributed by atoms with Crippen LogP contribution in [0.3, 0.4) is 0 Å². The Labute approximate surface area is 378 Å². The molecule has 3 saturated heterocycles. The van der Waals surface area contributed by atoms with E-state index in [-0.39, 0.29) is 23.9 Å². The van der Waals surface area contributed by atoms with Crippen molar-refractivity contribution in [3.05, 3.63) is 99.9 Å². The van der Waals surface area contributed by atoms with Crippen LogP contribution in [0.1, 0.15) is 97.7 Å². The van der Waals surface area contributed by atoms with Gasteiger partial charge in [0.1, 0.15) is 22.8 Å². The third kappa shape index (κ3) is 8.15. The van der Waals surface area contributed by atoms with E-state index in [1.165, 1.54) is 45.1 Å². The highest BCUT2D eigenvalue weighted by Crippen LogP contribution is 2.55. The van der Waals surface area contributed by atoms with E-state index in [9.17, 15) is 23.3 Å². The summed E-state index contributed by atoms with van der Waals surface area (Å²) in [6.45, 7) is 5.25. The number of benzene rings is 2. The van der Waals surface area contributed by atoms with Crippen LogP contribution in [-0.2, 0) is 14.8 Å². The topological polar surface area (TPSA) is 188 Å². The number of pyridine rings is 2. The van der Waals surface area contributed by atoms with Gasteiger partial charge in [-0.25, -0.2) is 18.1 Å². The summed E-state index contributed by atoms with van der Waals surface area (Å²) in [7, 11) is -4.60. The van der Waals surface area contributed by atoms with Crippen LogP contribution in [-0.4, -0.2) is 97.7 Å². The number of H-pyrrole nitrogens is 1. The van der Waals surface area contributed by atoms with Crippen molar-refractivity contribution < 1.29 is 27.6 Å². The third-order valence-electron chi connectivity index (χ3n) is 15.0. The van der Waals surface area contributed by atoms with Gasteiger partial charge in [-0.3, -0.25) is 19.8 Å². The maximum Gasteiger partial charge on any atom is 0.312 e. The van der Waals surface area contributed by atoms with Crippen LogP contribution >= 0.6 is 0 Å². The highest BCUT2D eigenvalue weighted by atomic mass is 32.2. The van der Waals surface area contributed by atoms with Gasteiger partial charge < -0.3 is 29.6 Å². The van der Waals surface area contributed by atoms with Crippen LogP contribution in [0.2, 0.25) is 0 Å². The average molecular weight is 902 g/mol. The quantitative estimate of drug-likeness (QED) is 0.0813. The molecule has 2 aromatic carbocycles. The Morgan fingerprint density at radius 1 is 0.923 bits per heavy atom. The van der Waals surface area contributed by atoms with Gasteiger partial charge >= 0.3 is 5.69 Å². The molecular formula is C48H55N9O7S. The number of sulfonamides is 1. The molecule has 6 aliphatic rings. The molecule has 7 heterocycles. The Kier molecular flexibility index (Phi) is 10.9. The molecule has 0 radical (unpaired) electrons. The highest BCUT2D eigenvalue weighted by molar-refractivity contribution is 7.90. The van der Waals surface area contributed by atoms with E-state index in [0.29, 0.717) is 66.7 Å². The minimum atomic E-state index is -4.60. The van der Waals surface area contributed by atoms with Gasteiger partial charge in [0.15, 0.2) is 0 Å². The molecule has 1 amide bonds. The van der Waals surface area contributed by atoms with Gasteiger partial charge in [-0.2, -0.15) is 4.98 Å². The number of carbonyl (C=O) groups is 1. The summed E-state index contributed by atoms with van der Waals surface area (Å²) in [6.07, 6.45) is 14.2. The average Bonchev–Trinajstić information content (AvgIpc) is 3.87. The smallest absolute Gasteiger partial charge is 0.312 e. The number of anilines is 4. The van der Waals surface area contributed by atoms with Crippen molar-refractivity contribution in [2.75, 3.05) is 67.7 Å². The first kappa shape index (κ1) is 41.9. The van der Waals surface area contributed by atoms with Crippen LogP contribution in [0, 0.1) is 21.4 Å². The van der Waals surface area contributed by atoms with Crippen molar-refractivity contribution in [1.29, 1.82) is 0 Å². The van der Waals surface area contributed by atoms with Gasteiger partial charge in [-0.1, -0.05) is 24.3 Å². The lowest BCUT2D eigenvalue weighted by Gasteiger charge is -2.56. The molecule has 4 aliphatic heterocycles. The van der Waals surface area contributed by atoms with Crippen LogP contribution in [0.5, 0.6) is 5.88 Å². The van der Waals surface area contributed by atoms with Gasteiger partial charge in [0.05, 0.1) is 28.9 Å². The van der Waals surface area contributed by atoms with E-state index in [4.69, 9.17) is 14.5 Å². The second-order valence-corrected chi connectivity index (χ2v) is 20.6. The molecule has 0 unspecified atom stereocenters. The van der Waals surface area contributed by atoms with Gasteiger partial charge in [-0.15, -0.1) is 0 Å². The Bertz CT molecular complexity index is 2740. The van der Waals surface area contributed by atoms with Crippen molar-refractivity contribution >= 4 is 55.5 Å². The van der Waals surface area contributed by atoms with Gasteiger partial charge in [0.25, 0.3) is 15.9 Å². The van der Waals surface area contributed by atoms with Crippen molar-refractivity contribution in [2.24, 2.45) is 11.3 Å². The maximum absolute atomic E-state index is 14.3. The number of ether oxygens (including phenoxy) is 2. The van der Waals surface area contributed by atoms with Crippen molar-refractivity contribution in [1.82, 2.24) is 24.6 Å². The number of nitrogens with zero attached hydrogens (tertiary/aromatic N) is 6. The van der Waals surface area contributed by atoms with E-state index in [2.05, 4.69) is 54.1 Å². The van der Waals surface area contributed by atoms with Crippen molar-refractivity contribution in [2.45, 2.75) is 87.1 Å². The van der Waals surface area contributed by atoms with E-state index in [0.717, 1.165) is 68.0 Å². The highest BCUT2D eigenvalue weighted by Gasteiger charge is 2.50. The molecule has 3 N–H and O–H groups in total. The maximum atomic E-state index is 14.3. The molecule has 5 aromatic rings. The van der Waals surface area contributed by atoms with Gasteiger partial charge in [0.2, 0.25) is 11.7 Å². The Hall–Kier alpha value is -5.78. The predicted molar refractivity (Wildman–Crippen MR) is 247 cm³/mol. The van der Waals surface area contributed by atoms with E-state index in [1.54, 1.807) is 23.4 Å². The first-order chi connectivity index (χ1) is 31.6. The third-order valence-corrected chi connectivity index (χ3v) is 16.3. The van der Waals surface area contributed by atoms with Gasteiger partial charge in [-0.05, 0) is 129 Å². The molecule has 1 atom stereocenters. The number of carbonyl (C=O) groups excluding carboxylic acids is 1. The summed E-state index contributed by atoms with van der Waals surface area (Å²) in [4.78, 5) is 44.4. The summed E-state index contributed by atoms with van der Waals surface area (Å²) in [5.41, 5.74) is 5.84. The fraction of sp³-hybridized carbons (Fsp3) is 0.479. The van der Waals surface area contributed by atoms with E-state index >= 15 is 0 Å². The second kappa shape index (κ2) is 16.9. The number of hydrogen-bond acceptors (Lipinski definition) is 13. The summed E-state index contributed by atoms with van der Waals surface area (Å²) in [5, 5.41) is 16.0. The fourth-order valence-electron chi connectivity index (χ4n) is 11.2. The van der Waals surface area contributed by atoms with Crippen LogP contribution < -0.4 is 24.6 Å². The molecule has 340 valence electrons. The lowest BCUT2D eigenvalue weighted by molar-refractivity contribution is -0.384. The number of amides is 1. The van der Waals surface area contributed by atoms with Crippen molar-refractivity contribution in [3.63, 3.8) is 0 Å². The first-order valence-corrected chi connectivity index (χ1v) is 24.7.